The summed E-state index contributed by atoms with van der Waals surface area (Å²) in [4.78, 5) is 15.4. The number of halogens is 1. The molecule has 0 spiro atoms. The van der Waals surface area contributed by atoms with Gasteiger partial charge in [0.25, 0.3) is 0 Å². The van der Waals surface area contributed by atoms with Crippen molar-refractivity contribution in [3.8, 4) is 0 Å². The van der Waals surface area contributed by atoms with Crippen molar-refractivity contribution in [2.75, 3.05) is 26.2 Å². The number of hydrogen-bond donors (Lipinski definition) is 1. The molecule has 0 amide bonds. The molecule has 1 heterocycles. The Bertz CT molecular complexity index is 684. The van der Waals surface area contributed by atoms with Gasteiger partial charge in [0.15, 0.2) is 0 Å². The molecule has 2 aromatic carbocycles. The third-order valence-corrected chi connectivity index (χ3v) is 5.32. The van der Waals surface area contributed by atoms with Crippen LogP contribution in [0.15, 0.2) is 54.6 Å². The Hall–Kier alpha value is -1.72. The van der Waals surface area contributed by atoms with E-state index in [0.717, 1.165) is 43.9 Å². The fourth-order valence-electron chi connectivity index (χ4n) is 3.64. The van der Waals surface area contributed by atoms with Crippen LogP contribution in [0.4, 0.5) is 0 Å². The maximum absolute atomic E-state index is 10.6. The normalized spacial score (nSPS) is 18.4. The second-order valence-corrected chi connectivity index (χ2v) is 7.18. The van der Waals surface area contributed by atoms with E-state index in [1.165, 1.54) is 11.1 Å². The molecule has 0 aliphatic carbocycles. The van der Waals surface area contributed by atoms with Gasteiger partial charge in [-0.2, -0.15) is 0 Å². The number of rotatable bonds is 7. The van der Waals surface area contributed by atoms with Crippen LogP contribution in [0.3, 0.4) is 0 Å². The predicted octanol–water partition coefficient (Wildman–Crippen LogP) is 3.31. The van der Waals surface area contributed by atoms with E-state index in [1.807, 2.05) is 18.2 Å². The van der Waals surface area contributed by atoms with Gasteiger partial charge in [0.05, 0.1) is 12.2 Å². The first-order valence-corrected chi connectivity index (χ1v) is 9.54. The van der Waals surface area contributed by atoms with Crippen LogP contribution in [0.25, 0.3) is 0 Å². The highest BCUT2D eigenvalue weighted by molar-refractivity contribution is 6.30. The van der Waals surface area contributed by atoms with Crippen molar-refractivity contribution in [3.05, 3.63) is 70.7 Å². The second-order valence-electron chi connectivity index (χ2n) is 6.75. The highest BCUT2D eigenvalue weighted by Crippen LogP contribution is 2.30. The van der Waals surface area contributed by atoms with Crippen LogP contribution in [-0.2, 0) is 4.79 Å². The fraction of sp³-hybridized carbons (Fsp3) is 0.381. The summed E-state index contributed by atoms with van der Waals surface area (Å²) >= 11 is 6.08. The average molecular weight is 372 g/mol. The molecule has 3 rings (SSSR count). The number of carbonyl (C=O) groups excluding carboxylic acids is 1. The number of nitrogens with two attached hydrogens (primary N) is 1. The number of hydrogen-bond acceptors (Lipinski definition) is 4. The van der Waals surface area contributed by atoms with Crippen molar-refractivity contribution < 1.29 is 4.79 Å². The quantitative estimate of drug-likeness (QED) is 0.758. The largest absolute Gasteiger partial charge is 0.316 e. The van der Waals surface area contributed by atoms with E-state index < -0.39 is 0 Å². The van der Waals surface area contributed by atoms with Crippen LogP contribution in [0, 0.1) is 0 Å². The van der Waals surface area contributed by atoms with E-state index in [1.54, 1.807) is 0 Å². The number of piperazine rings is 1. The summed E-state index contributed by atoms with van der Waals surface area (Å²) in [7, 11) is 0. The number of carbonyl (C=O) groups is 1. The Kier molecular flexibility index (Phi) is 6.80. The van der Waals surface area contributed by atoms with Crippen LogP contribution in [-0.4, -0.2) is 48.4 Å². The van der Waals surface area contributed by atoms with E-state index in [2.05, 4.69) is 46.2 Å². The van der Waals surface area contributed by atoms with Crippen LogP contribution >= 0.6 is 11.6 Å². The molecule has 2 unspecified atom stereocenters. The summed E-state index contributed by atoms with van der Waals surface area (Å²) in [5.41, 5.74) is 8.76. The van der Waals surface area contributed by atoms with Gasteiger partial charge in [-0.15, -0.1) is 0 Å². The first-order chi connectivity index (χ1) is 12.7. The Morgan fingerprint density at radius 1 is 0.923 bits per heavy atom. The second kappa shape index (κ2) is 9.28. The minimum absolute atomic E-state index is 0.0342. The van der Waals surface area contributed by atoms with Crippen molar-refractivity contribution in [2.24, 2.45) is 5.73 Å². The molecular formula is C21H26ClN3O. The van der Waals surface area contributed by atoms with Gasteiger partial charge in [-0.1, -0.05) is 54.1 Å². The molecule has 0 radical (unpaired) electrons. The molecule has 138 valence electrons. The first kappa shape index (κ1) is 19.1. The molecule has 2 N–H and O–H groups in total. The van der Waals surface area contributed by atoms with E-state index in [4.69, 9.17) is 17.3 Å². The minimum Gasteiger partial charge on any atom is -0.316 e. The number of aldehydes is 1. The van der Waals surface area contributed by atoms with E-state index in [9.17, 15) is 4.79 Å². The lowest BCUT2D eigenvalue weighted by atomic mass is 9.96. The zero-order chi connectivity index (χ0) is 18.4. The Balaban J connectivity index is 1.74. The summed E-state index contributed by atoms with van der Waals surface area (Å²) in [6, 6.07) is 18.9. The zero-order valence-corrected chi connectivity index (χ0v) is 15.7. The summed E-state index contributed by atoms with van der Waals surface area (Å²) < 4.78 is 0. The summed E-state index contributed by atoms with van der Waals surface area (Å²) in [6.07, 6.45) is 2.16. The lowest BCUT2D eigenvalue weighted by Gasteiger charge is -2.41. The minimum atomic E-state index is -0.0342. The van der Waals surface area contributed by atoms with Gasteiger partial charge >= 0.3 is 0 Å². The molecule has 1 saturated heterocycles. The van der Waals surface area contributed by atoms with Gasteiger partial charge in [0.1, 0.15) is 6.29 Å². The van der Waals surface area contributed by atoms with Gasteiger partial charge in [0.2, 0.25) is 0 Å². The third-order valence-electron chi connectivity index (χ3n) is 5.06. The predicted molar refractivity (Wildman–Crippen MR) is 106 cm³/mol. The van der Waals surface area contributed by atoms with Crippen molar-refractivity contribution in [1.29, 1.82) is 0 Å². The van der Waals surface area contributed by atoms with Crippen LogP contribution < -0.4 is 5.73 Å². The molecule has 0 aromatic heterocycles. The summed E-state index contributed by atoms with van der Waals surface area (Å²) in [6.45, 7) is 3.71. The smallest absolute Gasteiger partial charge is 0.120 e. The van der Waals surface area contributed by atoms with Crippen molar-refractivity contribution in [1.82, 2.24) is 9.80 Å². The maximum atomic E-state index is 10.6. The van der Waals surface area contributed by atoms with Crippen LogP contribution in [0.1, 0.15) is 30.0 Å². The van der Waals surface area contributed by atoms with Gasteiger partial charge in [-0.05, 0) is 29.7 Å². The zero-order valence-electron chi connectivity index (χ0n) is 14.9. The molecule has 4 nitrogen and oxygen atoms in total. The average Bonchev–Trinajstić information content (AvgIpc) is 2.69. The van der Waals surface area contributed by atoms with Crippen molar-refractivity contribution in [3.63, 3.8) is 0 Å². The fourth-order valence-corrected chi connectivity index (χ4v) is 3.77. The summed E-state index contributed by atoms with van der Waals surface area (Å²) in [5.74, 6) is 0. The molecular weight excluding hydrogens is 346 g/mol. The molecule has 2 aromatic rings. The van der Waals surface area contributed by atoms with Crippen molar-refractivity contribution in [2.45, 2.75) is 25.0 Å². The maximum Gasteiger partial charge on any atom is 0.120 e. The van der Waals surface area contributed by atoms with E-state index >= 15 is 0 Å². The lowest BCUT2D eigenvalue weighted by molar-refractivity contribution is -0.108. The molecule has 1 fully saturated rings. The van der Waals surface area contributed by atoms with E-state index in [-0.39, 0.29) is 12.2 Å². The van der Waals surface area contributed by atoms with Gasteiger partial charge in [0, 0.05) is 37.6 Å². The van der Waals surface area contributed by atoms with E-state index in [0.29, 0.717) is 6.42 Å². The standard InChI is InChI=1S/C21H26ClN3O/c22-19-10-8-18(9-11-19)21(17-5-2-1-3-6-17)25-14-12-24(13-15-25)20(23)7-4-16-26/h1-3,5-6,8-11,16,20-21H,4,7,12-15,23H2. The molecule has 1 aliphatic rings. The Morgan fingerprint density at radius 2 is 1.50 bits per heavy atom. The number of benzene rings is 2. The first-order valence-electron chi connectivity index (χ1n) is 9.17. The molecule has 0 bridgehead atoms. The summed E-state index contributed by atoms with van der Waals surface area (Å²) in [5, 5.41) is 0.756. The number of nitrogens with zero attached hydrogens (tertiary/aromatic N) is 2. The lowest BCUT2D eigenvalue weighted by Crippen LogP contribution is -2.53. The third kappa shape index (κ3) is 4.71. The molecule has 5 heteroatoms. The monoisotopic (exact) mass is 371 g/mol. The molecule has 0 saturated carbocycles. The topological polar surface area (TPSA) is 49.6 Å². The highest BCUT2D eigenvalue weighted by Gasteiger charge is 2.28. The Labute approximate surface area is 160 Å². The molecule has 2 atom stereocenters. The van der Waals surface area contributed by atoms with Crippen LogP contribution in [0.5, 0.6) is 0 Å². The molecule has 26 heavy (non-hydrogen) atoms. The highest BCUT2D eigenvalue weighted by atomic mass is 35.5. The van der Waals surface area contributed by atoms with Gasteiger partial charge in [-0.25, -0.2) is 0 Å². The van der Waals surface area contributed by atoms with Gasteiger partial charge < -0.3 is 10.5 Å². The SMILES string of the molecule is NC(CCC=O)N1CCN(C(c2ccccc2)c2ccc(Cl)cc2)CC1. The van der Waals surface area contributed by atoms with Gasteiger partial charge in [-0.3, -0.25) is 9.80 Å². The van der Waals surface area contributed by atoms with Crippen LogP contribution in [0.2, 0.25) is 5.02 Å². The Morgan fingerprint density at radius 3 is 2.12 bits per heavy atom. The molecule has 1 aliphatic heterocycles. The van der Waals surface area contributed by atoms with Crippen molar-refractivity contribution >= 4 is 17.9 Å².